The minimum atomic E-state index is -0.442. The Morgan fingerprint density at radius 1 is 1.31 bits per heavy atom. The summed E-state index contributed by atoms with van der Waals surface area (Å²) in [5.74, 6) is 1.16. The van der Waals surface area contributed by atoms with Gasteiger partial charge in [0.15, 0.2) is 0 Å². The first-order chi connectivity index (χ1) is 13.8. The predicted octanol–water partition coefficient (Wildman–Crippen LogP) is 3.00. The molecule has 3 heterocycles. The lowest BCUT2D eigenvalue weighted by Gasteiger charge is -2.36. The molecule has 29 heavy (non-hydrogen) atoms. The van der Waals surface area contributed by atoms with E-state index in [4.69, 9.17) is 9.72 Å². The third-order valence-corrected chi connectivity index (χ3v) is 5.70. The first-order valence-corrected chi connectivity index (χ1v) is 10.4. The quantitative estimate of drug-likeness (QED) is 0.802. The molecule has 7 nitrogen and oxygen atoms in total. The summed E-state index contributed by atoms with van der Waals surface area (Å²) in [6, 6.07) is 6.62. The molecule has 1 saturated carbocycles. The van der Waals surface area contributed by atoms with Crippen molar-refractivity contribution in [1.29, 1.82) is 5.26 Å². The van der Waals surface area contributed by atoms with E-state index in [1.54, 1.807) is 0 Å². The van der Waals surface area contributed by atoms with E-state index >= 15 is 0 Å². The maximum Gasteiger partial charge on any atom is 0.306 e. The van der Waals surface area contributed by atoms with E-state index in [0.717, 1.165) is 55.9 Å². The van der Waals surface area contributed by atoms with E-state index in [9.17, 15) is 10.1 Å². The average Bonchev–Trinajstić information content (AvgIpc) is 3.01. The summed E-state index contributed by atoms with van der Waals surface area (Å²) in [6.45, 7) is 9.47. The zero-order chi connectivity index (χ0) is 20.6. The van der Waals surface area contributed by atoms with Crippen molar-refractivity contribution in [2.45, 2.75) is 51.7 Å². The minimum Gasteiger partial charge on any atom is -0.460 e. The van der Waals surface area contributed by atoms with Gasteiger partial charge in [-0.3, -0.25) is 4.79 Å². The molecular formula is C22H29N5O2. The number of esters is 1. The van der Waals surface area contributed by atoms with Gasteiger partial charge in [0.05, 0.1) is 5.56 Å². The van der Waals surface area contributed by atoms with Crippen molar-refractivity contribution in [3.8, 4) is 6.07 Å². The lowest BCUT2D eigenvalue weighted by atomic mass is 9.78. The second-order valence-electron chi connectivity index (χ2n) is 9.12. The lowest BCUT2D eigenvalue weighted by molar-refractivity contribution is -0.157. The van der Waals surface area contributed by atoms with E-state index < -0.39 is 5.60 Å². The number of hydrogen-bond donors (Lipinski definition) is 1. The summed E-state index contributed by atoms with van der Waals surface area (Å²) in [5, 5.41) is 13.8. The standard InChI is InChI=1S/C22H29N5O2/c1-22(2,3)29-20(28)12-15-10-17(11-15)27-14-16(13-23)18-4-5-19(25-21(18)27)26-8-6-24-7-9-26/h4-5,14-15,17,24H,6-12H2,1-3H3. The summed E-state index contributed by atoms with van der Waals surface area (Å²) in [5.41, 5.74) is 1.09. The number of piperazine rings is 1. The number of aromatic nitrogens is 2. The SMILES string of the molecule is CC(C)(C)OC(=O)CC1CC(n2cc(C#N)c3ccc(N4CCNCC4)nc32)C1. The Kier molecular flexibility index (Phi) is 5.22. The van der Waals surface area contributed by atoms with Gasteiger partial charge in [0.1, 0.15) is 23.1 Å². The van der Waals surface area contributed by atoms with Gasteiger partial charge in [0, 0.05) is 50.2 Å². The number of pyridine rings is 1. The topological polar surface area (TPSA) is 83.2 Å². The molecule has 0 bridgehead atoms. The molecule has 1 aliphatic carbocycles. The fraction of sp³-hybridized carbons (Fsp3) is 0.591. The molecule has 7 heteroatoms. The highest BCUT2D eigenvalue weighted by atomic mass is 16.6. The Morgan fingerprint density at radius 2 is 2.03 bits per heavy atom. The van der Waals surface area contributed by atoms with E-state index in [-0.39, 0.29) is 12.0 Å². The second kappa shape index (κ2) is 7.68. The Morgan fingerprint density at radius 3 is 2.69 bits per heavy atom. The number of fused-ring (bicyclic) bond motifs is 1. The van der Waals surface area contributed by atoms with Gasteiger partial charge in [-0.05, 0) is 51.7 Å². The molecule has 0 aromatic carbocycles. The number of carbonyl (C=O) groups excluding carboxylic acids is 1. The van der Waals surface area contributed by atoms with Gasteiger partial charge in [-0.25, -0.2) is 4.98 Å². The summed E-state index contributed by atoms with van der Waals surface area (Å²) in [7, 11) is 0. The number of nitrogens with one attached hydrogen (secondary N) is 1. The van der Waals surface area contributed by atoms with Crippen LogP contribution in [0.25, 0.3) is 11.0 Å². The van der Waals surface area contributed by atoms with Gasteiger partial charge in [-0.15, -0.1) is 0 Å². The van der Waals surface area contributed by atoms with Gasteiger partial charge in [0.25, 0.3) is 0 Å². The van der Waals surface area contributed by atoms with Crippen LogP contribution >= 0.6 is 0 Å². The molecule has 0 atom stereocenters. The minimum absolute atomic E-state index is 0.129. The van der Waals surface area contributed by atoms with E-state index in [1.165, 1.54) is 0 Å². The largest absolute Gasteiger partial charge is 0.460 e. The predicted molar refractivity (Wildman–Crippen MR) is 112 cm³/mol. The normalized spacial score (nSPS) is 22.2. The van der Waals surface area contributed by atoms with Gasteiger partial charge in [0.2, 0.25) is 0 Å². The molecule has 2 aromatic rings. The van der Waals surface area contributed by atoms with Crippen LogP contribution in [0, 0.1) is 17.2 Å². The number of hydrogen-bond acceptors (Lipinski definition) is 6. The zero-order valence-electron chi connectivity index (χ0n) is 17.4. The summed E-state index contributed by atoms with van der Waals surface area (Å²) < 4.78 is 7.59. The van der Waals surface area contributed by atoms with Crippen LogP contribution in [0.2, 0.25) is 0 Å². The Labute approximate surface area is 171 Å². The number of carbonyl (C=O) groups is 1. The molecule has 154 valence electrons. The van der Waals surface area contributed by atoms with Gasteiger partial charge >= 0.3 is 5.97 Å². The van der Waals surface area contributed by atoms with E-state index in [1.807, 2.05) is 39.1 Å². The molecule has 0 spiro atoms. The average molecular weight is 396 g/mol. The Bertz CT molecular complexity index is 940. The summed E-state index contributed by atoms with van der Waals surface area (Å²) in [6.07, 6.45) is 4.20. The van der Waals surface area contributed by atoms with Crippen molar-refractivity contribution in [1.82, 2.24) is 14.9 Å². The van der Waals surface area contributed by atoms with Crippen molar-refractivity contribution < 1.29 is 9.53 Å². The number of nitriles is 1. The smallest absolute Gasteiger partial charge is 0.306 e. The molecule has 0 unspecified atom stereocenters. The zero-order valence-corrected chi connectivity index (χ0v) is 17.4. The maximum absolute atomic E-state index is 12.1. The Hall–Kier alpha value is -2.59. The molecule has 2 fully saturated rings. The number of ether oxygens (including phenoxy) is 1. The van der Waals surface area contributed by atoms with Crippen LogP contribution < -0.4 is 10.2 Å². The van der Waals surface area contributed by atoms with Crippen LogP contribution in [-0.2, 0) is 9.53 Å². The van der Waals surface area contributed by atoms with Crippen LogP contribution in [0.3, 0.4) is 0 Å². The van der Waals surface area contributed by atoms with Crippen molar-refractivity contribution >= 4 is 22.8 Å². The molecule has 1 saturated heterocycles. The molecule has 2 aromatic heterocycles. The van der Waals surface area contributed by atoms with Crippen LogP contribution in [0.15, 0.2) is 18.3 Å². The molecule has 2 aliphatic rings. The van der Waals surface area contributed by atoms with Crippen LogP contribution in [0.1, 0.15) is 51.6 Å². The molecule has 4 rings (SSSR count). The van der Waals surface area contributed by atoms with E-state index in [2.05, 4.69) is 20.9 Å². The second-order valence-corrected chi connectivity index (χ2v) is 9.12. The molecule has 1 aliphatic heterocycles. The molecular weight excluding hydrogens is 366 g/mol. The van der Waals surface area contributed by atoms with Gasteiger partial charge in [-0.1, -0.05) is 0 Å². The fourth-order valence-corrected chi connectivity index (χ4v) is 4.27. The van der Waals surface area contributed by atoms with Gasteiger partial charge < -0.3 is 19.5 Å². The summed E-state index contributed by atoms with van der Waals surface area (Å²) >= 11 is 0. The van der Waals surface area contributed by atoms with Crippen LogP contribution in [0.5, 0.6) is 0 Å². The highest BCUT2D eigenvalue weighted by Gasteiger charge is 2.34. The van der Waals surface area contributed by atoms with Crippen molar-refractivity contribution in [2.24, 2.45) is 5.92 Å². The van der Waals surface area contributed by atoms with Crippen LogP contribution in [0.4, 0.5) is 5.82 Å². The molecule has 0 radical (unpaired) electrons. The molecule has 0 amide bonds. The monoisotopic (exact) mass is 395 g/mol. The fourth-order valence-electron chi connectivity index (χ4n) is 4.27. The number of anilines is 1. The third kappa shape index (κ3) is 4.23. The number of nitrogens with zero attached hydrogens (tertiary/aromatic N) is 4. The number of rotatable bonds is 4. The van der Waals surface area contributed by atoms with E-state index in [0.29, 0.717) is 17.9 Å². The third-order valence-electron chi connectivity index (χ3n) is 5.70. The highest BCUT2D eigenvalue weighted by molar-refractivity contribution is 5.85. The van der Waals surface area contributed by atoms with Gasteiger partial charge in [-0.2, -0.15) is 5.26 Å². The molecule has 1 N–H and O–H groups in total. The highest BCUT2D eigenvalue weighted by Crippen LogP contribution is 2.42. The lowest BCUT2D eigenvalue weighted by Crippen LogP contribution is -2.43. The van der Waals surface area contributed by atoms with Crippen LogP contribution in [-0.4, -0.2) is 47.3 Å². The van der Waals surface area contributed by atoms with Crippen molar-refractivity contribution in [3.63, 3.8) is 0 Å². The first kappa shape index (κ1) is 19.7. The summed E-state index contributed by atoms with van der Waals surface area (Å²) in [4.78, 5) is 19.3. The maximum atomic E-state index is 12.1. The van der Waals surface area contributed by atoms with Crippen molar-refractivity contribution in [2.75, 3.05) is 31.1 Å². The first-order valence-electron chi connectivity index (χ1n) is 10.4. The van der Waals surface area contributed by atoms with Crippen molar-refractivity contribution in [3.05, 3.63) is 23.9 Å². The Balaban J connectivity index is 1.50.